The zero-order chi connectivity index (χ0) is 11.9. The first kappa shape index (κ1) is 11.8. The lowest BCUT2D eigenvalue weighted by molar-refractivity contribution is 0.0864. The van der Waals surface area contributed by atoms with Gasteiger partial charge in [0.25, 0.3) is 0 Å². The minimum Gasteiger partial charge on any atom is -0.367 e. The molecule has 2 rings (SSSR count). The molecule has 2 nitrogen and oxygen atoms in total. The van der Waals surface area contributed by atoms with E-state index >= 15 is 0 Å². The van der Waals surface area contributed by atoms with Gasteiger partial charge in [0, 0.05) is 6.54 Å². The molecule has 0 aliphatic rings. The zero-order valence-electron chi connectivity index (χ0n) is 9.75. The molecule has 0 atom stereocenters. The van der Waals surface area contributed by atoms with Gasteiger partial charge in [-0.3, -0.25) is 0 Å². The molecule has 0 fully saturated rings. The maximum Gasteiger partial charge on any atom is 0.108 e. The van der Waals surface area contributed by atoms with Crippen LogP contribution in [0.2, 0.25) is 0 Å². The summed E-state index contributed by atoms with van der Waals surface area (Å²) in [6.45, 7) is 1.10. The number of hydrogen-bond acceptors (Lipinski definition) is 2. The Labute approximate surface area is 102 Å². The third-order valence-corrected chi connectivity index (χ3v) is 2.61. The number of ether oxygens (including phenoxy) is 1. The van der Waals surface area contributed by atoms with Gasteiger partial charge in [0.1, 0.15) is 6.10 Å². The Bertz CT molecular complexity index is 388. The summed E-state index contributed by atoms with van der Waals surface area (Å²) in [6.07, 6.45) is -0.0269. The SMILES string of the molecule is NCCOC(c1ccccc1)c1ccccc1. The van der Waals surface area contributed by atoms with Gasteiger partial charge in [-0.2, -0.15) is 0 Å². The van der Waals surface area contributed by atoms with Crippen molar-refractivity contribution in [1.82, 2.24) is 0 Å². The predicted molar refractivity (Wildman–Crippen MR) is 69.7 cm³/mol. The van der Waals surface area contributed by atoms with E-state index in [0.29, 0.717) is 13.2 Å². The normalized spacial score (nSPS) is 10.7. The van der Waals surface area contributed by atoms with Crippen molar-refractivity contribution in [2.24, 2.45) is 5.73 Å². The van der Waals surface area contributed by atoms with Crippen molar-refractivity contribution in [2.45, 2.75) is 6.10 Å². The van der Waals surface area contributed by atoms with Crippen LogP contribution in [0.5, 0.6) is 0 Å². The summed E-state index contributed by atoms with van der Waals surface area (Å²) in [7, 11) is 0. The van der Waals surface area contributed by atoms with E-state index < -0.39 is 0 Å². The largest absolute Gasteiger partial charge is 0.367 e. The number of hydrogen-bond donors (Lipinski definition) is 1. The van der Waals surface area contributed by atoms with Gasteiger partial charge in [0.05, 0.1) is 6.61 Å². The van der Waals surface area contributed by atoms with Crippen LogP contribution in [0.25, 0.3) is 0 Å². The number of benzene rings is 2. The quantitative estimate of drug-likeness (QED) is 0.852. The second-order valence-corrected chi connectivity index (χ2v) is 3.86. The molecule has 0 aliphatic heterocycles. The lowest BCUT2D eigenvalue weighted by Crippen LogP contribution is -2.13. The van der Waals surface area contributed by atoms with Gasteiger partial charge < -0.3 is 10.5 Å². The molecule has 2 aromatic carbocycles. The second kappa shape index (κ2) is 6.18. The lowest BCUT2D eigenvalue weighted by Gasteiger charge is -2.18. The van der Waals surface area contributed by atoms with Crippen molar-refractivity contribution in [3.05, 3.63) is 71.8 Å². The maximum atomic E-state index is 5.84. The summed E-state index contributed by atoms with van der Waals surface area (Å²) in [5, 5.41) is 0. The minimum absolute atomic E-state index is 0.0269. The van der Waals surface area contributed by atoms with Crippen molar-refractivity contribution in [2.75, 3.05) is 13.2 Å². The number of rotatable bonds is 5. The van der Waals surface area contributed by atoms with E-state index in [1.807, 2.05) is 36.4 Å². The fourth-order valence-corrected chi connectivity index (χ4v) is 1.83. The van der Waals surface area contributed by atoms with Crippen LogP contribution in [0.3, 0.4) is 0 Å². The summed E-state index contributed by atoms with van der Waals surface area (Å²) in [4.78, 5) is 0. The van der Waals surface area contributed by atoms with E-state index in [4.69, 9.17) is 10.5 Å². The fraction of sp³-hybridized carbons (Fsp3) is 0.200. The molecule has 0 unspecified atom stereocenters. The van der Waals surface area contributed by atoms with E-state index in [1.165, 1.54) is 0 Å². The minimum atomic E-state index is -0.0269. The van der Waals surface area contributed by atoms with E-state index in [9.17, 15) is 0 Å². The van der Waals surface area contributed by atoms with Gasteiger partial charge in [0.15, 0.2) is 0 Å². The van der Waals surface area contributed by atoms with Crippen LogP contribution < -0.4 is 5.73 Å². The molecule has 2 N–H and O–H groups in total. The van der Waals surface area contributed by atoms with Crippen LogP contribution in [0.15, 0.2) is 60.7 Å². The average Bonchev–Trinajstić information content (AvgIpc) is 2.42. The fourth-order valence-electron chi connectivity index (χ4n) is 1.83. The van der Waals surface area contributed by atoms with Gasteiger partial charge in [-0.1, -0.05) is 60.7 Å². The first-order valence-corrected chi connectivity index (χ1v) is 5.83. The molecule has 0 spiro atoms. The second-order valence-electron chi connectivity index (χ2n) is 3.86. The summed E-state index contributed by atoms with van der Waals surface area (Å²) in [6, 6.07) is 20.4. The third kappa shape index (κ3) is 3.16. The van der Waals surface area contributed by atoms with Crippen LogP contribution >= 0.6 is 0 Å². The molecular formula is C15H17NO. The summed E-state index contributed by atoms with van der Waals surface area (Å²) < 4.78 is 5.84. The van der Waals surface area contributed by atoms with Crippen LogP contribution in [0.1, 0.15) is 17.2 Å². The molecule has 2 aromatic rings. The van der Waals surface area contributed by atoms with Crippen molar-refractivity contribution in [3.8, 4) is 0 Å². The smallest absolute Gasteiger partial charge is 0.108 e. The molecule has 0 saturated heterocycles. The Hall–Kier alpha value is -1.64. The van der Waals surface area contributed by atoms with Crippen LogP contribution in [0, 0.1) is 0 Å². The van der Waals surface area contributed by atoms with Gasteiger partial charge in [-0.15, -0.1) is 0 Å². The molecule has 0 aromatic heterocycles. The van der Waals surface area contributed by atoms with E-state index in [-0.39, 0.29) is 6.10 Å². The molecule has 0 saturated carbocycles. The zero-order valence-corrected chi connectivity index (χ0v) is 9.75. The Morgan fingerprint density at radius 2 is 1.29 bits per heavy atom. The van der Waals surface area contributed by atoms with Crippen LogP contribution in [-0.2, 0) is 4.74 Å². The Morgan fingerprint density at radius 3 is 1.71 bits per heavy atom. The molecule has 0 aliphatic carbocycles. The van der Waals surface area contributed by atoms with Crippen molar-refractivity contribution in [1.29, 1.82) is 0 Å². The molecule has 88 valence electrons. The summed E-state index contributed by atoms with van der Waals surface area (Å²) in [5.41, 5.74) is 7.83. The van der Waals surface area contributed by atoms with Gasteiger partial charge in [-0.05, 0) is 11.1 Å². The third-order valence-electron chi connectivity index (χ3n) is 2.61. The van der Waals surface area contributed by atoms with E-state index in [2.05, 4.69) is 24.3 Å². The first-order valence-electron chi connectivity index (χ1n) is 5.83. The molecule has 17 heavy (non-hydrogen) atoms. The van der Waals surface area contributed by atoms with Crippen molar-refractivity contribution < 1.29 is 4.74 Å². The summed E-state index contributed by atoms with van der Waals surface area (Å²) >= 11 is 0. The molecule has 0 bridgehead atoms. The molecule has 0 heterocycles. The van der Waals surface area contributed by atoms with Crippen molar-refractivity contribution in [3.63, 3.8) is 0 Å². The Balaban J connectivity index is 2.26. The summed E-state index contributed by atoms with van der Waals surface area (Å²) in [5.74, 6) is 0. The highest BCUT2D eigenvalue weighted by atomic mass is 16.5. The Morgan fingerprint density at radius 1 is 0.824 bits per heavy atom. The highest BCUT2D eigenvalue weighted by Gasteiger charge is 2.13. The van der Waals surface area contributed by atoms with E-state index in [1.54, 1.807) is 0 Å². The van der Waals surface area contributed by atoms with Crippen LogP contribution in [-0.4, -0.2) is 13.2 Å². The first-order chi connectivity index (χ1) is 8.42. The molecule has 0 amide bonds. The highest BCUT2D eigenvalue weighted by molar-refractivity contribution is 5.29. The molecule has 2 heteroatoms. The monoisotopic (exact) mass is 227 g/mol. The van der Waals surface area contributed by atoms with Crippen molar-refractivity contribution >= 4 is 0 Å². The predicted octanol–water partition coefficient (Wildman–Crippen LogP) is 2.75. The lowest BCUT2D eigenvalue weighted by atomic mass is 10.0. The average molecular weight is 227 g/mol. The Kier molecular flexibility index (Phi) is 4.30. The maximum absolute atomic E-state index is 5.84. The standard InChI is InChI=1S/C15H17NO/c16-11-12-17-15(13-7-3-1-4-8-13)14-9-5-2-6-10-14/h1-10,15H,11-12,16H2. The molecule has 0 radical (unpaired) electrons. The topological polar surface area (TPSA) is 35.2 Å². The molecular weight excluding hydrogens is 210 g/mol. The van der Waals surface area contributed by atoms with Gasteiger partial charge >= 0.3 is 0 Å². The van der Waals surface area contributed by atoms with Crippen LogP contribution in [0.4, 0.5) is 0 Å². The van der Waals surface area contributed by atoms with Gasteiger partial charge in [0.2, 0.25) is 0 Å². The van der Waals surface area contributed by atoms with E-state index in [0.717, 1.165) is 11.1 Å². The highest BCUT2D eigenvalue weighted by Crippen LogP contribution is 2.25. The van der Waals surface area contributed by atoms with Gasteiger partial charge in [-0.25, -0.2) is 0 Å². The number of nitrogens with two attached hydrogens (primary N) is 1.